The highest BCUT2D eigenvalue weighted by Crippen LogP contribution is 2.68. The number of carbonyl (C=O) groups excluding carboxylic acids is 1. The van der Waals surface area contributed by atoms with Gasteiger partial charge in [-0.1, -0.05) is 27.7 Å². The van der Waals surface area contributed by atoms with Crippen molar-refractivity contribution in [2.45, 2.75) is 46.1 Å². The third-order valence-electron chi connectivity index (χ3n) is 5.60. The van der Waals surface area contributed by atoms with Crippen LogP contribution in [0.4, 0.5) is 0 Å². The molecule has 0 spiro atoms. The molecule has 1 heterocycles. The summed E-state index contributed by atoms with van der Waals surface area (Å²) in [7, 11) is 1.81. The molecule has 2 fully saturated rings. The summed E-state index contributed by atoms with van der Waals surface area (Å²) in [6.07, 6.45) is 1.23. The van der Waals surface area contributed by atoms with Gasteiger partial charge in [-0.15, -0.1) is 0 Å². The van der Waals surface area contributed by atoms with Gasteiger partial charge in [0.15, 0.2) is 0 Å². The minimum atomic E-state index is -0.772. The highest BCUT2D eigenvalue weighted by atomic mass is 16.5. The summed E-state index contributed by atoms with van der Waals surface area (Å²) < 4.78 is 5.27. The van der Waals surface area contributed by atoms with Gasteiger partial charge in [0.2, 0.25) is 5.91 Å². The molecule has 1 amide bonds. The first-order valence-electron chi connectivity index (χ1n) is 7.17. The molecule has 1 aliphatic heterocycles. The molecule has 0 aromatic carbocycles. The Kier molecular flexibility index (Phi) is 3.47. The Morgan fingerprint density at radius 3 is 2.11 bits per heavy atom. The van der Waals surface area contributed by atoms with Gasteiger partial charge in [-0.2, -0.15) is 0 Å². The van der Waals surface area contributed by atoms with Crippen molar-refractivity contribution < 1.29 is 14.6 Å². The molecule has 0 radical (unpaired) electrons. The molecule has 0 unspecified atom stereocenters. The Hall–Kier alpha value is -0.610. The van der Waals surface area contributed by atoms with E-state index in [1.54, 1.807) is 11.9 Å². The Balaban J connectivity index is 1.97. The summed E-state index contributed by atoms with van der Waals surface area (Å²) in [5.41, 5.74) is -0.668. The van der Waals surface area contributed by atoms with Gasteiger partial charge in [0.05, 0.1) is 5.60 Å². The maximum atomic E-state index is 12.5. The van der Waals surface area contributed by atoms with E-state index in [0.717, 1.165) is 0 Å². The largest absolute Gasteiger partial charge is 0.388 e. The highest BCUT2D eigenvalue weighted by molar-refractivity contribution is 5.84. The molecule has 2 rings (SSSR count). The Morgan fingerprint density at radius 2 is 1.68 bits per heavy atom. The number of carbonyl (C=O) groups is 1. The van der Waals surface area contributed by atoms with Crippen molar-refractivity contribution >= 4 is 5.91 Å². The maximum Gasteiger partial charge on any atom is 0.226 e. The van der Waals surface area contributed by atoms with Gasteiger partial charge < -0.3 is 14.7 Å². The second kappa shape index (κ2) is 4.45. The molecular formula is C15H27NO3. The minimum absolute atomic E-state index is 0.0522. The van der Waals surface area contributed by atoms with Gasteiger partial charge in [-0.25, -0.2) is 0 Å². The van der Waals surface area contributed by atoms with E-state index >= 15 is 0 Å². The van der Waals surface area contributed by atoms with E-state index in [1.807, 2.05) is 0 Å². The van der Waals surface area contributed by atoms with Crippen LogP contribution in [0.25, 0.3) is 0 Å². The summed E-state index contributed by atoms with van der Waals surface area (Å²) >= 11 is 0. The number of nitrogens with zero attached hydrogens (tertiary/aromatic N) is 1. The van der Waals surface area contributed by atoms with Crippen LogP contribution >= 0.6 is 0 Å². The molecule has 4 nitrogen and oxygen atoms in total. The van der Waals surface area contributed by atoms with Gasteiger partial charge in [0.1, 0.15) is 0 Å². The zero-order valence-corrected chi connectivity index (χ0v) is 12.8. The number of hydrogen-bond acceptors (Lipinski definition) is 3. The Bertz CT molecular complexity index is 356. The standard InChI is InChI=1S/C15H27NO3/c1-13(2)11(14(13,3)4)12(17)16(5)10-15(18)6-8-19-9-7-15/h11,18H,6-10H2,1-5H3. The van der Waals surface area contributed by atoms with E-state index in [9.17, 15) is 9.90 Å². The Morgan fingerprint density at radius 1 is 1.21 bits per heavy atom. The lowest BCUT2D eigenvalue weighted by atomic mass is 9.93. The zero-order valence-electron chi connectivity index (χ0n) is 12.8. The summed E-state index contributed by atoms with van der Waals surface area (Å²) in [6.45, 7) is 10.2. The normalized spacial score (nSPS) is 27.9. The van der Waals surface area contributed by atoms with Crippen LogP contribution in [0.2, 0.25) is 0 Å². The first kappa shape index (κ1) is 14.8. The molecular weight excluding hydrogens is 242 g/mol. The van der Waals surface area contributed by atoms with Gasteiger partial charge in [0, 0.05) is 45.6 Å². The van der Waals surface area contributed by atoms with E-state index in [0.29, 0.717) is 32.6 Å². The molecule has 1 aliphatic carbocycles. The number of rotatable bonds is 3. The SMILES string of the molecule is CN(CC1(O)CCOCC1)C(=O)C1C(C)(C)C1(C)C. The summed E-state index contributed by atoms with van der Waals surface area (Å²) in [5, 5.41) is 10.5. The van der Waals surface area contributed by atoms with Crippen molar-refractivity contribution in [3.05, 3.63) is 0 Å². The van der Waals surface area contributed by atoms with Crippen LogP contribution in [-0.4, -0.2) is 48.3 Å². The summed E-state index contributed by atoms with van der Waals surface area (Å²) in [5.74, 6) is 0.225. The molecule has 110 valence electrons. The van der Waals surface area contributed by atoms with Gasteiger partial charge in [-0.3, -0.25) is 4.79 Å². The lowest BCUT2D eigenvalue weighted by Crippen LogP contribution is -2.48. The number of aliphatic hydroxyl groups is 1. The number of likely N-dealkylation sites (N-methyl/N-ethyl adjacent to an activating group) is 1. The van der Waals surface area contributed by atoms with Gasteiger partial charge in [-0.05, 0) is 10.8 Å². The number of amides is 1. The van der Waals surface area contributed by atoms with Gasteiger partial charge in [0.25, 0.3) is 0 Å². The van der Waals surface area contributed by atoms with Crippen molar-refractivity contribution in [1.29, 1.82) is 0 Å². The third-order valence-corrected chi connectivity index (χ3v) is 5.60. The summed E-state index contributed by atoms with van der Waals surface area (Å²) in [4.78, 5) is 14.3. The van der Waals surface area contributed by atoms with Crippen LogP contribution in [0, 0.1) is 16.7 Å². The fourth-order valence-corrected chi connectivity index (χ4v) is 3.46. The van der Waals surface area contributed by atoms with E-state index < -0.39 is 5.60 Å². The van der Waals surface area contributed by atoms with E-state index in [-0.39, 0.29) is 22.7 Å². The van der Waals surface area contributed by atoms with Crippen LogP contribution in [0.3, 0.4) is 0 Å². The molecule has 0 aromatic rings. The molecule has 1 saturated carbocycles. The van der Waals surface area contributed by atoms with Crippen LogP contribution in [0.5, 0.6) is 0 Å². The topological polar surface area (TPSA) is 49.8 Å². The molecule has 2 aliphatic rings. The molecule has 1 N–H and O–H groups in total. The maximum absolute atomic E-state index is 12.5. The molecule has 0 atom stereocenters. The van der Waals surface area contributed by atoms with Crippen LogP contribution < -0.4 is 0 Å². The molecule has 0 aromatic heterocycles. The van der Waals surface area contributed by atoms with Crippen molar-refractivity contribution in [3.8, 4) is 0 Å². The van der Waals surface area contributed by atoms with Crippen molar-refractivity contribution in [1.82, 2.24) is 4.90 Å². The lowest BCUT2D eigenvalue weighted by Gasteiger charge is -2.35. The second-order valence-corrected chi connectivity index (χ2v) is 7.41. The Labute approximate surface area is 116 Å². The predicted octanol–water partition coefficient (Wildman–Crippen LogP) is 1.67. The average Bonchev–Trinajstić information content (AvgIpc) is 2.68. The molecule has 4 heteroatoms. The fourth-order valence-electron chi connectivity index (χ4n) is 3.46. The van der Waals surface area contributed by atoms with E-state index in [4.69, 9.17) is 4.74 Å². The second-order valence-electron chi connectivity index (χ2n) is 7.41. The van der Waals surface area contributed by atoms with Crippen LogP contribution in [0.1, 0.15) is 40.5 Å². The summed E-state index contributed by atoms with van der Waals surface area (Å²) in [6, 6.07) is 0. The quantitative estimate of drug-likeness (QED) is 0.848. The van der Waals surface area contributed by atoms with E-state index in [1.165, 1.54) is 0 Å². The van der Waals surface area contributed by atoms with Crippen molar-refractivity contribution in [3.63, 3.8) is 0 Å². The third kappa shape index (κ3) is 2.40. The van der Waals surface area contributed by atoms with Crippen molar-refractivity contribution in [2.24, 2.45) is 16.7 Å². The molecule has 0 bridgehead atoms. The smallest absolute Gasteiger partial charge is 0.226 e. The van der Waals surface area contributed by atoms with Gasteiger partial charge >= 0.3 is 0 Å². The fraction of sp³-hybridized carbons (Fsp3) is 0.933. The van der Waals surface area contributed by atoms with Crippen LogP contribution in [-0.2, 0) is 9.53 Å². The monoisotopic (exact) mass is 269 g/mol. The highest BCUT2D eigenvalue weighted by Gasteiger charge is 2.68. The molecule has 1 saturated heterocycles. The number of hydrogen-bond donors (Lipinski definition) is 1. The number of ether oxygens (including phenoxy) is 1. The predicted molar refractivity (Wildman–Crippen MR) is 73.7 cm³/mol. The first-order valence-corrected chi connectivity index (χ1v) is 7.17. The molecule has 19 heavy (non-hydrogen) atoms. The van der Waals surface area contributed by atoms with Crippen molar-refractivity contribution in [2.75, 3.05) is 26.8 Å². The lowest BCUT2D eigenvalue weighted by molar-refractivity contribution is -0.139. The van der Waals surface area contributed by atoms with Crippen LogP contribution in [0.15, 0.2) is 0 Å². The minimum Gasteiger partial charge on any atom is -0.388 e. The zero-order chi connectivity index (χ0) is 14.5. The van der Waals surface area contributed by atoms with E-state index in [2.05, 4.69) is 27.7 Å². The average molecular weight is 269 g/mol. The first-order chi connectivity index (χ1) is 8.62.